The van der Waals surface area contributed by atoms with Crippen LogP contribution in [0, 0.1) is 12.8 Å². The molecule has 1 aliphatic rings. The number of Topliss-reactive ketones (excluding diaryl/α,β-unsaturated/α-hetero) is 1. The number of aromatic nitrogens is 1. The number of hydrogen-bond donors (Lipinski definition) is 2. The van der Waals surface area contributed by atoms with Gasteiger partial charge in [-0.15, -0.1) is 0 Å². The van der Waals surface area contributed by atoms with E-state index in [1.807, 2.05) is 7.05 Å². The summed E-state index contributed by atoms with van der Waals surface area (Å²) < 4.78 is 0. The van der Waals surface area contributed by atoms with E-state index in [9.17, 15) is 4.79 Å². The number of ketones is 1. The predicted molar refractivity (Wildman–Crippen MR) is 69.6 cm³/mol. The van der Waals surface area contributed by atoms with Gasteiger partial charge in [-0.2, -0.15) is 0 Å². The Morgan fingerprint density at radius 2 is 2.18 bits per heavy atom. The number of aromatic amines is 1. The molecule has 0 saturated heterocycles. The summed E-state index contributed by atoms with van der Waals surface area (Å²) in [4.78, 5) is 15.6. The maximum Gasteiger partial charge on any atom is 0.165 e. The molecule has 0 saturated carbocycles. The van der Waals surface area contributed by atoms with E-state index in [4.69, 9.17) is 0 Å². The van der Waals surface area contributed by atoms with E-state index in [-0.39, 0.29) is 0 Å². The normalized spacial score (nSPS) is 19.5. The van der Waals surface area contributed by atoms with Gasteiger partial charge in [0.15, 0.2) is 5.78 Å². The topological polar surface area (TPSA) is 44.9 Å². The Kier molecular flexibility index (Phi) is 3.67. The largest absolute Gasteiger partial charge is 0.362 e. The van der Waals surface area contributed by atoms with Gasteiger partial charge in [0.05, 0.1) is 0 Å². The van der Waals surface area contributed by atoms with Gasteiger partial charge in [-0.3, -0.25) is 4.79 Å². The third-order valence-corrected chi connectivity index (χ3v) is 3.80. The third kappa shape index (κ3) is 2.29. The highest BCUT2D eigenvalue weighted by Crippen LogP contribution is 2.31. The Morgan fingerprint density at radius 3 is 2.82 bits per heavy atom. The number of carbonyl (C=O) groups excluding carboxylic acids is 1. The van der Waals surface area contributed by atoms with Crippen molar-refractivity contribution in [2.24, 2.45) is 5.92 Å². The van der Waals surface area contributed by atoms with Gasteiger partial charge in [0.2, 0.25) is 0 Å². The molecule has 94 valence electrons. The quantitative estimate of drug-likeness (QED) is 0.839. The van der Waals surface area contributed by atoms with Crippen molar-refractivity contribution in [3.63, 3.8) is 0 Å². The Labute approximate surface area is 103 Å². The van der Waals surface area contributed by atoms with E-state index in [0.717, 1.165) is 37.8 Å². The van der Waals surface area contributed by atoms with Crippen molar-refractivity contribution in [3.05, 3.63) is 22.5 Å². The van der Waals surface area contributed by atoms with E-state index < -0.39 is 0 Å². The van der Waals surface area contributed by atoms with Crippen LogP contribution in [0.15, 0.2) is 0 Å². The Hall–Kier alpha value is -1.09. The summed E-state index contributed by atoms with van der Waals surface area (Å²) in [6.45, 7) is 5.19. The molecule has 0 bridgehead atoms. The SMILES string of the molecule is CCc1c(C)[nH]c2c1C(=O)C[C@H](CCNC)C2. The van der Waals surface area contributed by atoms with Crippen LogP contribution in [0.25, 0.3) is 0 Å². The number of aryl methyl sites for hydroxylation is 1. The fraction of sp³-hybridized carbons (Fsp3) is 0.643. The van der Waals surface area contributed by atoms with Crippen molar-refractivity contribution in [3.8, 4) is 0 Å². The molecule has 0 amide bonds. The lowest BCUT2D eigenvalue weighted by Gasteiger charge is -2.21. The number of rotatable bonds is 4. The predicted octanol–water partition coefficient (Wildman–Crippen LogP) is 2.24. The Morgan fingerprint density at radius 1 is 1.41 bits per heavy atom. The van der Waals surface area contributed by atoms with E-state index in [0.29, 0.717) is 11.7 Å². The second kappa shape index (κ2) is 5.05. The number of nitrogens with one attached hydrogen (secondary N) is 2. The monoisotopic (exact) mass is 234 g/mol. The summed E-state index contributed by atoms with van der Waals surface area (Å²) in [6.07, 6.45) is 3.79. The fourth-order valence-electron chi connectivity index (χ4n) is 2.94. The molecule has 3 nitrogen and oxygen atoms in total. The van der Waals surface area contributed by atoms with Crippen molar-refractivity contribution >= 4 is 5.78 Å². The summed E-state index contributed by atoms with van der Waals surface area (Å²) in [6, 6.07) is 0. The fourth-order valence-corrected chi connectivity index (χ4v) is 2.94. The van der Waals surface area contributed by atoms with E-state index in [2.05, 4.69) is 24.1 Å². The zero-order valence-corrected chi connectivity index (χ0v) is 11.0. The van der Waals surface area contributed by atoms with Gasteiger partial charge in [-0.1, -0.05) is 6.92 Å². The first-order chi connectivity index (χ1) is 8.17. The molecular formula is C14H22N2O. The average Bonchev–Trinajstić information content (AvgIpc) is 2.62. The lowest BCUT2D eigenvalue weighted by molar-refractivity contribution is 0.0945. The van der Waals surface area contributed by atoms with Crippen molar-refractivity contribution < 1.29 is 4.79 Å². The lowest BCUT2D eigenvalue weighted by atomic mass is 9.83. The smallest absolute Gasteiger partial charge is 0.165 e. The van der Waals surface area contributed by atoms with Gasteiger partial charge in [0.1, 0.15) is 0 Å². The van der Waals surface area contributed by atoms with E-state index in [1.165, 1.54) is 17.0 Å². The zero-order chi connectivity index (χ0) is 12.4. The van der Waals surface area contributed by atoms with Crippen LogP contribution in [-0.4, -0.2) is 24.4 Å². The molecule has 1 aromatic heterocycles. The number of fused-ring (bicyclic) bond motifs is 1. The summed E-state index contributed by atoms with van der Waals surface area (Å²) in [7, 11) is 1.96. The average molecular weight is 234 g/mol. The Balaban J connectivity index is 2.23. The van der Waals surface area contributed by atoms with Crippen LogP contribution in [0.4, 0.5) is 0 Å². The molecule has 17 heavy (non-hydrogen) atoms. The molecular weight excluding hydrogens is 212 g/mol. The molecule has 0 radical (unpaired) electrons. The second-order valence-corrected chi connectivity index (χ2v) is 5.03. The van der Waals surface area contributed by atoms with Crippen LogP contribution in [0.3, 0.4) is 0 Å². The highest BCUT2D eigenvalue weighted by Gasteiger charge is 2.29. The molecule has 3 heteroatoms. The van der Waals surface area contributed by atoms with E-state index in [1.54, 1.807) is 0 Å². The first-order valence-electron chi connectivity index (χ1n) is 6.55. The minimum atomic E-state index is 0.341. The minimum Gasteiger partial charge on any atom is -0.362 e. The van der Waals surface area contributed by atoms with Gasteiger partial charge in [0.25, 0.3) is 0 Å². The molecule has 0 unspecified atom stereocenters. The third-order valence-electron chi connectivity index (χ3n) is 3.80. The summed E-state index contributed by atoms with van der Waals surface area (Å²) in [5, 5.41) is 3.16. The molecule has 0 aliphatic heterocycles. The number of carbonyl (C=O) groups is 1. The van der Waals surface area contributed by atoms with Crippen LogP contribution >= 0.6 is 0 Å². The van der Waals surface area contributed by atoms with Gasteiger partial charge >= 0.3 is 0 Å². The van der Waals surface area contributed by atoms with Gasteiger partial charge in [0, 0.05) is 23.4 Å². The van der Waals surface area contributed by atoms with Crippen molar-refractivity contribution in [2.75, 3.05) is 13.6 Å². The molecule has 2 rings (SSSR count). The molecule has 0 aromatic carbocycles. The molecule has 1 aliphatic carbocycles. The number of hydrogen-bond acceptors (Lipinski definition) is 2. The van der Waals surface area contributed by atoms with Crippen molar-refractivity contribution in [2.45, 2.75) is 39.5 Å². The molecule has 1 atom stereocenters. The van der Waals surface area contributed by atoms with Crippen LogP contribution in [0.5, 0.6) is 0 Å². The molecule has 1 heterocycles. The van der Waals surface area contributed by atoms with Crippen LogP contribution in [0.2, 0.25) is 0 Å². The lowest BCUT2D eigenvalue weighted by Crippen LogP contribution is -2.23. The maximum absolute atomic E-state index is 12.2. The highest BCUT2D eigenvalue weighted by molar-refractivity contribution is 6.00. The van der Waals surface area contributed by atoms with Crippen LogP contribution < -0.4 is 5.32 Å². The summed E-state index contributed by atoms with van der Waals surface area (Å²) >= 11 is 0. The molecule has 0 spiro atoms. The van der Waals surface area contributed by atoms with Crippen LogP contribution in [0.1, 0.15) is 47.1 Å². The zero-order valence-electron chi connectivity index (χ0n) is 11.0. The molecule has 0 fully saturated rings. The van der Waals surface area contributed by atoms with Gasteiger partial charge in [-0.05, 0) is 51.3 Å². The van der Waals surface area contributed by atoms with E-state index >= 15 is 0 Å². The highest BCUT2D eigenvalue weighted by atomic mass is 16.1. The Bertz CT molecular complexity index is 420. The maximum atomic E-state index is 12.2. The van der Waals surface area contributed by atoms with Crippen molar-refractivity contribution in [1.29, 1.82) is 0 Å². The van der Waals surface area contributed by atoms with Crippen LogP contribution in [-0.2, 0) is 12.8 Å². The summed E-state index contributed by atoms with van der Waals surface area (Å²) in [5.41, 5.74) is 4.60. The minimum absolute atomic E-state index is 0.341. The first-order valence-corrected chi connectivity index (χ1v) is 6.55. The summed E-state index contributed by atoms with van der Waals surface area (Å²) in [5.74, 6) is 0.846. The molecule has 2 N–H and O–H groups in total. The standard InChI is InChI=1S/C14H22N2O/c1-4-11-9(2)16-12-7-10(5-6-15-3)8-13(17)14(11)12/h10,15-16H,4-8H2,1-3H3/t10-/m1/s1. The van der Waals surface area contributed by atoms with Crippen molar-refractivity contribution in [1.82, 2.24) is 10.3 Å². The van der Waals surface area contributed by atoms with Gasteiger partial charge < -0.3 is 10.3 Å². The van der Waals surface area contributed by atoms with Gasteiger partial charge in [-0.25, -0.2) is 0 Å². The molecule has 1 aromatic rings. The first kappa shape index (κ1) is 12.4. The number of H-pyrrole nitrogens is 1. The second-order valence-electron chi connectivity index (χ2n) is 5.03.